The monoisotopic (exact) mass is 437 g/mol. The highest BCUT2D eigenvalue weighted by molar-refractivity contribution is 5.93. The van der Waals surface area contributed by atoms with E-state index in [0.717, 1.165) is 66.4 Å². The van der Waals surface area contributed by atoms with E-state index in [1.165, 1.54) is 25.5 Å². The van der Waals surface area contributed by atoms with E-state index in [9.17, 15) is 0 Å². The van der Waals surface area contributed by atoms with Crippen LogP contribution in [-0.2, 0) is 0 Å². The molecule has 2 bridgehead atoms. The fourth-order valence-corrected chi connectivity index (χ4v) is 5.76. The number of anilines is 2. The molecule has 0 amide bonds. The number of nitrogens with zero attached hydrogens (tertiary/aromatic N) is 3. The molecule has 0 aromatic carbocycles. The summed E-state index contributed by atoms with van der Waals surface area (Å²) in [6, 6.07) is 2.07. The molecule has 6 N–H and O–H groups in total. The van der Waals surface area contributed by atoms with Gasteiger partial charge < -0.3 is 27.1 Å². The van der Waals surface area contributed by atoms with Gasteiger partial charge >= 0.3 is 0 Å². The van der Waals surface area contributed by atoms with E-state index >= 15 is 0 Å². The third-order valence-electron chi connectivity index (χ3n) is 8.04. The van der Waals surface area contributed by atoms with Gasteiger partial charge in [-0.1, -0.05) is 13.8 Å². The highest BCUT2D eigenvalue weighted by Crippen LogP contribution is 2.51. The van der Waals surface area contributed by atoms with Crippen LogP contribution in [0.2, 0.25) is 0 Å². The van der Waals surface area contributed by atoms with Gasteiger partial charge in [-0.05, 0) is 56.9 Å². The lowest BCUT2D eigenvalue weighted by molar-refractivity contribution is 0.0527. The van der Waals surface area contributed by atoms with Crippen LogP contribution in [0.3, 0.4) is 0 Å². The number of aryl methyl sites for hydroxylation is 1. The fourth-order valence-electron chi connectivity index (χ4n) is 5.76. The zero-order chi connectivity index (χ0) is 23.1. The minimum Gasteiger partial charge on any atom is -0.401 e. The van der Waals surface area contributed by atoms with Crippen molar-refractivity contribution in [3.63, 3.8) is 0 Å². The van der Waals surface area contributed by atoms with Crippen LogP contribution in [0.5, 0.6) is 0 Å². The van der Waals surface area contributed by atoms with E-state index < -0.39 is 0 Å². The van der Waals surface area contributed by atoms with Gasteiger partial charge in [0.2, 0.25) is 0 Å². The third-order valence-corrected chi connectivity index (χ3v) is 8.04. The van der Waals surface area contributed by atoms with Gasteiger partial charge in [-0.25, -0.2) is 4.98 Å². The Bertz CT molecular complexity index is 935. The van der Waals surface area contributed by atoms with E-state index in [2.05, 4.69) is 35.1 Å². The molecule has 3 fully saturated rings. The molecule has 0 saturated heterocycles. The van der Waals surface area contributed by atoms with Crippen LogP contribution >= 0.6 is 0 Å². The predicted octanol–water partition coefficient (Wildman–Crippen LogP) is 3.61. The number of hydrogen-bond acceptors (Lipinski definition) is 7. The van der Waals surface area contributed by atoms with Crippen molar-refractivity contribution < 1.29 is 0 Å². The maximum absolute atomic E-state index is 7.99. The summed E-state index contributed by atoms with van der Waals surface area (Å²) in [6.07, 6.45) is 10.4. The molecular weight excluding hydrogens is 398 g/mol. The molecule has 32 heavy (non-hydrogen) atoms. The molecule has 0 radical (unpaired) electrons. The minimum atomic E-state index is -0.191. The Morgan fingerprint density at radius 1 is 1.22 bits per heavy atom. The van der Waals surface area contributed by atoms with Crippen LogP contribution in [0.25, 0.3) is 0 Å². The number of nitrogens with two attached hydrogens (primary N) is 2. The zero-order valence-corrected chi connectivity index (χ0v) is 20.1. The highest BCUT2D eigenvalue weighted by atomic mass is 15.2. The molecule has 1 aromatic heterocycles. The molecule has 0 spiro atoms. The third kappa shape index (κ3) is 4.15. The number of rotatable bonds is 6. The smallest absolute Gasteiger partial charge is 0.136 e. The second-order valence-electron chi connectivity index (χ2n) is 11.0. The molecule has 174 valence electrons. The van der Waals surface area contributed by atoms with E-state index in [1.54, 1.807) is 0 Å². The average Bonchev–Trinajstić information content (AvgIpc) is 2.77. The molecule has 7 nitrogen and oxygen atoms in total. The first-order valence-electron chi connectivity index (χ1n) is 11.8. The normalized spacial score (nSPS) is 29.6. The summed E-state index contributed by atoms with van der Waals surface area (Å²) in [5.74, 6) is 0.732. The average molecular weight is 438 g/mol. The van der Waals surface area contributed by atoms with Gasteiger partial charge in [0.15, 0.2) is 0 Å². The Morgan fingerprint density at radius 3 is 2.47 bits per heavy atom. The van der Waals surface area contributed by atoms with Crippen molar-refractivity contribution in [2.45, 2.75) is 64.8 Å². The van der Waals surface area contributed by atoms with Gasteiger partial charge in [0.05, 0.1) is 11.3 Å². The SMILES string of the molecule is CNc1nc(C)cc(N2CC(C=NCC34CCC(N)(CC3)CC4)=C(N)C(C)(C)C2)c1C=N. The summed E-state index contributed by atoms with van der Waals surface area (Å²) in [5, 5.41) is 11.1. The van der Waals surface area contributed by atoms with Crippen LogP contribution in [0.4, 0.5) is 11.5 Å². The summed E-state index contributed by atoms with van der Waals surface area (Å²) >= 11 is 0. The number of pyridine rings is 1. The largest absolute Gasteiger partial charge is 0.401 e. The first-order valence-corrected chi connectivity index (χ1v) is 11.8. The second kappa shape index (κ2) is 8.18. The summed E-state index contributed by atoms with van der Waals surface area (Å²) in [5.41, 5.74) is 18.1. The summed E-state index contributed by atoms with van der Waals surface area (Å²) in [7, 11) is 1.85. The van der Waals surface area contributed by atoms with E-state index in [1.807, 2.05) is 20.2 Å². The first kappa shape index (κ1) is 22.8. The van der Waals surface area contributed by atoms with Crippen molar-refractivity contribution in [1.29, 1.82) is 5.41 Å². The van der Waals surface area contributed by atoms with Crippen molar-refractivity contribution >= 4 is 23.9 Å². The van der Waals surface area contributed by atoms with Crippen LogP contribution in [0.15, 0.2) is 22.3 Å². The van der Waals surface area contributed by atoms with Crippen molar-refractivity contribution in [3.05, 3.63) is 28.6 Å². The maximum atomic E-state index is 7.99. The lowest BCUT2D eigenvalue weighted by atomic mass is 9.57. The van der Waals surface area contributed by atoms with Crippen molar-refractivity contribution in [1.82, 2.24) is 4.98 Å². The lowest BCUT2D eigenvalue weighted by Crippen LogP contribution is -2.52. The van der Waals surface area contributed by atoms with Gasteiger partial charge in [0, 0.05) is 67.0 Å². The second-order valence-corrected chi connectivity index (χ2v) is 11.0. The number of nitrogens with one attached hydrogen (secondary N) is 2. The Morgan fingerprint density at radius 2 is 1.88 bits per heavy atom. The van der Waals surface area contributed by atoms with Crippen molar-refractivity contribution in [2.24, 2.45) is 27.3 Å². The van der Waals surface area contributed by atoms with Gasteiger partial charge in [-0.3, -0.25) is 4.99 Å². The quantitative estimate of drug-likeness (QED) is 0.507. The molecule has 3 saturated carbocycles. The van der Waals surface area contributed by atoms with Crippen LogP contribution in [0.1, 0.15) is 63.6 Å². The molecule has 3 aliphatic carbocycles. The topological polar surface area (TPSA) is 116 Å². The molecule has 1 aliphatic heterocycles. The van der Waals surface area contributed by atoms with E-state index in [0.29, 0.717) is 12.0 Å². The van der Waals surface area contributed by atoms with E-state index in [4.69, 9.17) is 21.9 Å². The Kier molecular flexibility index (Phi) is 5.82. The van der Waals surface area contributed by atoms with Crippen LogP contribution in [-0.4, -0.2) is 49.6 Å². The standard InChI is InChI=1S/C25H39N7/c1-17-11-20(19(12-26)22(29-4)31-17)32-14-18(21(27)23(2,3)16-32)13-30-15-24-5-8-25(28,9-6-24)10-7-24/h11-13,26H,5-10,14-16,27-28H2,1-4H3,(H,29,31). The molecule has 4 aliphatic rings. The Balaban J connectivity index is 1.58. The Labute approximate surface area is 192 Å². The molecule has 0 unspecified atom stereocenters. The van der Waals surface area contributed by atoms with Crippen molar-refractivity contribution in [2.75, 3.05) is 36.9 Å². The molecule has 2 heterocycles. The van der Waals surface area contributed by atoms with Crippen LogP contribution < -0.4 is 21.7 Å². The maximum Gasteiger partial charge on any atom is 0.136 e. The van der Waals surface area contributed by atoms with Crippen molar-refractivity contribution in [3.8, 4) is 0 Å². The summed E-state index contributed by atoms with van der Waals surface area (Å²) in [4.78, 5) is 11.8. The van der Waals surface area contributed by atoms with Gasteiger partial charge in [-0.15, -0.1) is 0 Å². The molecular formula is C25H39N7. The summed E-state index contributed by atoms with van der Waals surface area (Å²) < 4.78 is 0. The lowest BCUT2D eigenvalue weighted by Gasteiger charge is -2.51. The predicted molar refractivity (Wildman–Crippen MR) is 134 cm³/mol. The number of hydrogen-bond donors (Lipinski definition) is 4. The molecule has 7 heteroatoms. The van der Waals surface area contributed by atoms with E-state index in [-0.39, 0.29) is 11.0 Å². The first-order chi connectivity index (χ1) is 15.1. The summed E-state index contributed by atoms with van der Waals surface area (Å²) in [6.45, 7) is 8.69. The zero-order valence-electron chi connectivity index (χ0n) is 20.1. The highest BCUT2D eigenvalue weighted by Gasteiger charge is 2.46. The van der Waals surface area contributed by atoms with Crippen LogP contribution in [0, 0.1) is 23.2 Å². The number of fused-ring (bicyclic) bond motifs is 3. The Hall–Kier alpha value is -2.41. The van der Waals surface area contributed by atoms with Gasteiger partial charge in [0.1, 0.15) is 5.82 Å². The van der Waals surface area contributed by atoms with Gasteiger partial charge in [-0.2, -0.15) is 0 Å². The molecule has 0 atom stereocenters. The number of aromatic nitrogens is 1. The molecule has 1 aromatic rings. The number of aliphatic imine (C=N–C) groups is 1. The molecule has 5 rings (SSSR count). The van der Waals surface area contributed by atoms with Gasteiger partial charge in [0.25, 0.3) is 0 Å². The fraction of sp³-hybridized carbons (Fsp3) is 0.640. The minimum absolute atomic E-state index is 0.0910.